The van der Waals surface area contributed by atoms with Crippen LogP contribution in [-0.2, 0) is 16.8 Å². The lowest BCUT2D eigenvalue weighted by atomic mass is 10.1. The minimum absolute atomic E-state index is 0.352. The summed E-state index contributed by atoms with van der Waals surface area (Å²) in [5.74, 6) is 1.72. The van der Waals surface area contributed by atoms with Crippen LogP contribution < -0.4 is 14.8 Å². The second-order valence-electron chi connectivity index (χ2n) is 3.49. The van der Waals surface area contributed by atoms with Crippen molar-refractivity contribution in [2.24, 2.45) is 0 Å². The molecule has 102 valence electrons. The number of nitrogens with one attached hydrogen (secondary N) is 1. The van der Waals surface area contributed by atoms with E-state index in [4.69, 9.17) is 27.0 Å². The summed E-state index contributed by atoms with van der Waals surface area (Å²) in [4.78, 5) is 0. The number of hydrogen-bond donors (Lipinski definition) is 3. The van der Waals surface area contributed by atoms with Crippen molar-refractivity contribution in [3.63, 3.8) is 0 Å². The van der Waals surface area contributed by atoms with Gasteiger partial charge in [0.05, 0.1) is 0 Å². The van der Waals surface area contributed by atoms with Crippen LogP contribution in [0.25, 0.3) is 0 Å². The average molecular weight is 277 g/mol. The minimum atomic E-state index is -4.67. The summed E-state index contributed by atoms with van der Waals surface area (Å²) in [5.41, 5.74) is 1.28. The molecule has 2 rings (SSSR count). The van der Waals surface area contributed by atoms with Crippen molar-refractivity contribution in [2.75, 3.05) is 20.4 Å². The van der Waals surface area contributed by atoms with E-state index in [0.717, 1.165) is 24.5 Å². The normalized spacial score (nSPS) is 12.8. The Morgan fingerprint density at radius 1 is 1.28 bits per heavy atom. The number of rotatable bonds is 3. The van der Waals surface area contributed by atoms with Gasteiger partial charge in [0.25, 0.3) is 0 Å². The smallest absolute Gasteiger partial charge is 0.394 e. The first kappa shape index (κ1) is 14.7. The molecule has 1 heterocycles. The maximum atomic E-state index is 8.74. The molecule has 0 fully saturated rings. The Kier molecular flexibility index (Phi) is 5.35. The molecule has 0 saturated heterocycles. The Bertz CT molecular complexity index is 479. The van der Waals surface area contributed by atoms with E-state index >= 15 is 0 Å². The van der Waals surface area contributed by atoms with Gasteiger partial charge in [0.2, 0.25) is 6.79 Å². The van der Waals surface area contributed by atoms with Crippen LogP contribution in [0.2, 0.25) is 0 Å². The molecule has 0 atom stereocenters. The standard InChI is InChI=1S/C10H13NO2.H2O4S/c1-11-5-4-8-2-3-9-10(6-8)13-7-12-9;1-5(2,3)4/h2-3,6,11H,4-5,7H2,1H3;(H2,1,2,3,4). The molecule has 3 N–H and O–H groups in total. The highest BCUT2D eigenvalue weighted by molar-refractivity contribution is 7.79. The van der Waals surface area contributed by atoms with Crippen LogP contribution in [-0.4, -0.2) is 37.9 Å². The van der Waals surface area contributed by atoms with Crippen LogP contribution in [0.15, 0.2) is 18.2 Å². The molecule has 7 nitrogen and oxygen atoms in total. The summed E-state index contributed by atoms with van der Waals surface area (Å²) in [7, 11) is -2.72. The van der Waals surface area contributed by atoms with Crippen molar-refractivity contribution in [2.45, 2.75) is 6.42 Å². The van der Waals surface area contributed by atoms with Crippen LogP contribution in [0, 0.1) is 0 Å². The highest BCUT2D eigenvalue weighted by atomic mass is 32.3. The highest BCUT2D eigenvalue weighted by Gasteiger charge is 2.12. The Morgan fingerprint density at radius 2 is 1.89 bits per heavy atom. The van der Waals surface area contributed by atoms with Gasteiger partial charge in [-0.2, -0.15) is 8.42 Å². The average Bonchev–Trinajstić information content (AvgIpc) is 2.71. The summed E-state index contributed by atoms with van der Waals surface area (Å²) in [5, 5.41) is 3.11. The predicted octanol–water partition coefficient (Wildman–Crippen LogP) is 0.524. The molecule has 0 aliphatic carbocycles. The van der Waals surface area contributed by atoms with E-state index in [1.807, 2.05) is 19.2 Å². The first-order valence-electron chi connectivity index (χ1n) is 5.13. The Balaban J connectivity index is 0.000000280. The molecule has 0 bridgehead atoms. The molecule has 18 heavy (non-hydrogen) atoms. The third-order valence-corrected chi connectivity index (χ3v) is 2.10. The molecule has 0 radical (unpaired) electrons. The molecule has 0 saturated carbocycles. The Hall–Kier alpha value is -1.35. The van der Waals surface area contributed by atoms with Gasteiger partial charge in [-0.3, -0.25) is 9.11 Å². The SMILES string of the molecule is CNCCc1ccc2c(c1)OCO2.O=S(=O)(O)O. The second-order valence-corrected chi connectivity index (χ2v) is 4.38. The van der Waals surface area contributed by atoms with E-state index in [-0.39, 0.29) is 0 Å². The van der Waals surface area contributed by atoms with Crippen LogP contribution in [0.1, 0.15) is 5.56 Å². The monoisotopic (exact) mass is 277 g/mol. The summed E-state index contributed by atoms with van der Waals surface area (Å²) < 4.78 is 42.1. The topological polar surface area (TPSA) is 105 Å². The maximum Gasteiger partial charge on any atom is 0.394 e. The first-order chi connectivity index (χ1) is 8.40. The van der Waals surface area contributed by atoms with E-state index in [9.17, 15) is 0 Å². The lowest BCUT2D eigenvalue weighted by Crippen LogP contribution is -2.10. The number of fused-ring (bicyclic) bond motifs is 1. The van der Waals surface area contributed by atoms with Crippen molar-refractivity contribution >= 4 is 10.4 Å². The van der Waals surface area contributed by atoms with Crippen molar-refractivity contribution in [3.05, 3.63) is 23.8 Å². The number of hydrogen-bond acceptors (Lipinski definition) is 5. The lowest BCUT2D eigenvalue weighted by Gasteiger charge is -2.01. The lowest BCUT2D eigenvalue weighted by molar-refractivity contribution is 0.174. The van der Waals surface area contributed by atoms with Gasteiger partial charge in [-0.05, 0) is 37.7 Å². The van der Waals surface area contributed by atoms with Gasteiger partial charge in [-0.1, -0.05) is 6.07 Å². The van der Waals surface area contributed by atoms with E-state index in [1.165, 1.54) is 5.56 Å². The summed E-state index contributed by atoms with van der Waals surface area (Å²) >= 11 is 0. The fraction of sp³-hybridized carbons (Fsp3) is 0.400. The predicted molar refractivity (Wildman–Crippen MR) is 64.4 cm³/mol. The van der Waals surface area contributed by atoms with E-state index in [1.54, 1.807) is 0 Å². The van der Waals surface area contributed by atoms with Gasteiger partial charge in [0.15, 0.2) is 11.5 Å². The molecular formula is C10H15NO6S. The molecule has 0 spiro atoms. The van der Waals surface area contributed by atoms with E-state index in [0.29, 0.717) is 6.79 Å². The molecule has 1 aliphatic rings. The highest BCUT2D eigenvalue weighted by Crippen LogP contribution is 2.32. The van der Waals surface area contributed by atoms with Gasteiger partial charge in [0.1, 0.15) is 0 Å². The van der Waals surface area contributed by atoms with E-state index in [2.05, 4.69) is 11.4 Å². The molecule has 1 aromatic carbocycles. The molecule has 0 amide bonds. The van der Waals surface area contributed by atoms with Crippen molar-refractivity contribution in [1.82, 2.24) is 5.32 Å². The van der Waals surface area contributed by atoms with Crippen molar-refractivity contribution in [1.29, 1.82) is 0 Å². The second kappa shape index (κ2) is 6.55. The zero-order valence-electron chi connectivity index (χ0n) is 9.79. The van der Waals surface area contributed by atoms with Crippen LogP contribution in [0.4, 0.5) is 0 Å². The molecule has 1 aromatic rings. The van der Waals surface area contributed by atoms with Gasteiger partial charge in [0, 0.05) is 0 Å². The molecule has 0 unspecified atom stereocenters. The van der Waals surface area contributed by atoms with Gasteiger partial charge >= 0.3 is 10.4 Å². The van der Waals surface area contributed by atoms with Gasteiger partial charge in [-0.15, -0.1) is 0 Å². The number of ether oxygens (including phenoxy) is 2. The molecule has 0 aromatic heterocycles. The quantitative estimate of drug-likeness (QED) is 0.692. The van der Waals surface area contributed by atoms with Crippen molar-refractivity contribution < 1.29 is 27.0 Å². The zero-order chi connectivity index (χ0) is 13.6. The maximum absolute atomic E-state index is 8.74. The summed E-state index contributed by atoms with van der Waals surface area (Å²) in [6.07, 6.45) is 1.02. The van der Waals surface area contributed by atoms with Crippen LogP contribution in [0.3, 0.4) is 0 Å². The largest absolute Gasteiger partial charge is 0.454 e. The number of benzene rings is 1. The van der Waals surface area contributed by atoms with E-state index < -0.39 is 10.4 Å². The van der Waals surface area contributed by atoms with Gasteiger partial charge < -0.3 is 14.8 Å². The fourth-order valence-electron chi connectivity index (χ4n) is 1.37. The Morgan fingerprint density at radius 3 is 2.50 bits per heavy atom. The Labute approximate surface area is 105 Å². The van der Waals surface area contributed by atoms with Crippen LogP contribution >= 0.6 is 0 Å². The third-order valence-electron chi connectivity index (χ3n) is 2.10. The third kappa shape index (κ3) is 5.82. The molecular weight excluding hydrogens is 262 g/mol. The van der Waals surface area contributed by atoms with Gasteiger partial charge in [-0.25, -0.2) is 0 Å². The first-order valence-corrected chi connectivity index (χ1v) is 6.53. The molecule has 1 aliphatic heterocycles. The van der Waals surface area contributed by atoms with Crippen LogP contribution in [0.5, 0.6) is 11.5 Å². The minimum Gasteiger partial charge on any atom is -0.454 e. The molecule has 8 heteroatoms. The fourth-order valence-corrected chi connectivity index (χ4v) is 1.37. The summed E-state index contributed by atoms with van der Waals surface area (Å²) in [6, 6.07) is 6.08. The summed E-state index contributed by atoms with van der Waals surface area (Å²) in [6.45, 7) is 1.34. The number of likely N-dealkylation sites (N-methyl/N-ethyl adjacent to an activating group) is 1. The van der Waals surface area contributed by atoms with Crippen molar-refractivity contribution in [3.8, 4) is 11.5 Å². The zero-order valence-corrected chi connectivity index (χ0v) is 10.6.